The van der Waals surface area contributed by atoms with Gasteiger partial charge in [-0.3, -0.25) is 0 Å². The molecular weight excluding hydrogens is 289 g/mol. The van der Waals surface area contributed by atoms with Gasteiger partial charge >= 0.3 is 0 Å². The summed E-state index contributed by atoms with van der Waals surface area (Å²) in [5, 5.41) is 4.09. The van der Waals surface area contributed by atoms with Gasteiger partial charge in [-0.25, -0.2) is 0 Å². The molecule has 0 amide bonds. The maximum atomic E-state index is 6.18. The molecule has 0 fully saturated rings. The smallest absolute Gasteiger partial charge is 0.0477 e. The van der Waals surface area contributed by atoms with E-state index in [-0.39, 0.29) is 0 Å². The van der Waals surface area contributed by atoms with Crippen molar-refractivity contribution < 1.29 is 4.74 Å². The van der Waals surface area contributed by atoms with Crippen LogP contribution in [0.5, 0.6) is 0 Å². The van der Waals surface area contributed by atoms with Gasteiger partial charge in [-0.1, -0.05) is 33.6 Å². The molecule has 0 aliphatic carbocycles. The summed E-state index contributed by atoms with van der Waals surface area (Å²) in [7, 11) is 3.69. The molecule has 1 aromatic carbocycles. The number of likely N-dealkylation sites (N-methyl/N-ethyl adjacent to an activating group) is 1. The van der Waals surface area contributed by atoms with Gasteiger partial charge in [0, 0.05) is 29.3 Å². The van der Waals surface area contributed by atoms with Crippen molar-refractivity contribution in [1.82, 2.24) is 5.32 Å². The molecule has 0 bridgehead atoms. The molecule has 1 unspecified atom stereocenters. The average molecular weight is 307 g/mol. The van der Waals surface area contributed by atoms with Gasteiger partial charge in [0.05, 0.1) is 0 Å². The fourth-order valence-corrected chi connectivity index (χ4v) is 2.31. The van der Waals surface area contributed by atoms with E-state index in [0.29, 0.717) is 6.04 Å². The zero-order chi connectivity index (χ0) is 12.0. The second-order valence-corrected chi connectivity index (χ2v) is 5.03. The van der Waals surface area contributed by atoms with Crippen LogP contribution in [0.2, 0.25) is 5.02 Å². The summed E-state index contributed by atoms with van der Waals surface area (Å²) in [6.45, 7) is 0.764. The minimum absolute atomic E-state index is 0.402. The number of methoxy groups -OCH3 is 1. The van der Waals surface area contributed by atoms with Crippen molar-refractivity contribution in [3.8, 4) is 0 Å². The number of ether oxygens (including phenoxy) is 1. The van der Waals surface area contributed by atoms with E-state index in [9.17, 15) is 0 Å². The van der Waals surface area contributed by atoms with E-state index < -0.39 is 0 Å². The molecule has 0 aliphatic rings. The van der Waals surface area contributed by atoms with Crippen molar-refractivity contribution in [3.05, 3.63) is 33.3 Å². The van der Waals surface area contributed by atoms with E-state index in [1.807, 2.05) is 19.2 Å². The van der Waals surface area contributed by atoms with Gasteiger partial charge in [0.15, 0.2) is 0 Å². The van der Waals surface area contributed by atoms with E-state index in [4.69, 9.17) is 16.3 Å². The second-order valence-electron chi connectivity index (χ2n) is 3.71. The predicted octanol–water partition coefficient (Wildman–Crippen LogP) is 3.27. The fourth-order valence-electron chi connectivity index (χ4n) is 1.56. The van der Waals surface area contributed by atoms with Crippen LogP contribution in [0.25, 0.3) is 0 Å². The first-order chi connectivity index (χ1) is 7.67. The summed E-state index contributed by atoms with van der Waals surface area (Å²) in [6.07, 6.45) is 1.91. The molecule has 16 heavy (non-hydrogen) atoms. The molecule has 0 heterocycles. The Balaban J connectivity index is 2.62. The van der Waals surface area contributed by atoms with Gasteiger partial charge in [-0.2, -0.15) is 0 Å². The van der Waals surface area contributed by atoms with Crippen molar-refractivity contribution in [2.75, 3.05) is 20.8 Å². The Morgan fingerprint density at radius 1 is 1.50 bits per heavy atom. The second kappa shape index (κ2) is 7.28. The largest absolute Gasteiger partial charge is 0.385 e. The number of benzene rings is 1. The monoisotopic (exact) mass is 305 g/mol. The molecule has 1 aromatic rings. The highest BCUT2D eigenvalue weighted by atomic mass is 79.9. The Bertz CT molecular complexity index is 333. The summed E-state index contributed by atoms with van der Waals surface area (Å²) in [5.41, 5.74) is 1.17. The van der Waals surface area contributed by atoms with Crippen LogP contribution < -0.4 is 5.32 Å². The molecule has 0 aromatic heterocycles. The van der Waals surface area contributed by atoms with Gasteiger partial charge in [0.2, 0.25) is 0 Å². The summed E-state index contributed by atoms with van der Waals surface area (Å²) < 4.78 is 6.09. The molecule has 1 rings (SSSR count). The van der Waals surface area contributed by atoms with Crippen LogP contribution in [0.15, 0.2) is 22.7 Å². The lowest BCUT2D eigenvalue weighted by Crippen LogP contribution is -2.29. The van der Waals surface area contributed by atoms with E-state index in [1.54, 1.807) is 7.11 Å². The normalized spacial score (nSPS) is 12.8. The van der Waals surface area contributed by atoms with Gasteiger partial charge in [-0.05, 0) is 37.6 Å². The molecule has 0 saturated heterocycles. The Labute approximate surface area is 110 Å². The van der Waals surface area contributed by atoms with Crippen molar-refractivity contribution in [1.29, 1.82) is 0 Å². The lowest BCUT2D eigenvalue weighted by molar-refractivity contribution is 0.184. The van der Waals surface area contributed by atoms with Crippen LogP contribution >= 0.6 is 27.5 Å². The van der Waals surface area contributed by atoms with Crippen LogP contribution in [-0.4, -0.2) is 26.8 Å². The van der Waals surface area contributed by atoms with Crippen molar-refractivity contribution in [3.63, 3.8) is 0 Å². The first-order valence-corrected chi connectivity index (χ1v) is 6.44. The highest BCUT2D eigenvalue weighted by Crippen LogP contribution is 2.22. The van der Waals surface area contributed by atoms with Gasteiger partial charge in [-0.15, -0.1) is 0 Å². The van der Waals surface area contributed by atoms with Crippen LogP contribution in [0.1, 0.15) is 12.0 Å². The lowest BCUT2D eigenvalue weighted by atomic mass is 10.0. The number of hydrogen-bond donors (Lipinski definition) is 1. The standard InChI is InChI=1S/C12H17BrClNO/c1-15-11(5-6-16-2)7-9-3-4-10(13)8-12(9)14/h3-4,8,11,15H,5-7H2,1-2H3. The molecule has 0 radical (unpaired) electrons. The van der Waals surface area contributed by atoms with Crippen molar-refractivity contribution in [2.45, 2.75) is 18.9 Å². The maximum absolute atomic E-state index is 6.18. The summed E-state index contributed by atoms with van der Waals surface area (Å²) in [6, 6.07) is 6.41. The first kappa shape index (κ1) is 14.0. The topological polar surface area (TPSA) is 21.3 Å². The quantitative estimate of drug-likeness (QED) is 0.871. The Morgan fingerprint density at radius 2 is 2.25 bits per heavy atom. The molecule has 0 saturated carbocycles. The lowest BCUT2D eigenvalue weighted by Gasteiger charge is -2.16. The molecular formula is C12H17BrClNO. The van der Waals surface area contributed by atoms with E-state index >= 15 is 0 Å². The van der Waals surface area contributed by atoms with Gasteiger partial charge in [0.1, 0.15) is 0 Å². The maximum Gasteiger partial charge on any atom is 0.0477 e. The number of hydrogen-bond acceptors (Lipinski definition) is 2. The summed E-state index contributed by atoms with van der Waals surface area (Å²) in [4.78, 5) is 0. The average Bonchev–Trinajstić information content (AvgIpc) is 2.27. The van der Waals surface area contributed by atoms with Crippen LogP contribution in [0, 0.1) is 0 Å². The van der Waals surface area contributed by atoms with E-state index in [1.165, 1.54) is 5.56 Å². The van der Waals surface area contributed by atoms with Crippen LogP contribution in [0.4, 0.5) is 0 Å². The fraction of sp³-hybridized carbons (Fsp3) is 0.500. The van der Waals surface area contributed by atoms with Gasteiger partial charge < -0.3 is 10.1 Å². The van der Waals surface area contributed by atoms with Gasteiger partial charge in [0.25, 0.3) is 0 Å². The predicted molar refractivity (Wildman–Crippen MR) is 72.2 cm³/mol. The zero-order valence-corrected chi connectivity index (χ0v) is 11.9. The van der Waals surface area contributed by atoms with Crippen LogP contribution in [-0.2, 0) is 11.2 Å². The minimum Gasteiger partial charge on any atom is -0.385 e. The number of nitrogens with one attached hydrogen (secondary N) is 1. The SMILES string of the molecule is CNC(CCOC)Cc1ccc(Br)cc1Cl. The van der Waals surface area contributed by atoms with Crippen molar-refractivity contribution in [2.24, 2.45) is 0 Å². The van der Waals surface area contributed by atoms with E-state index in [0.717, 1.165) is 28.9 Å². The zero-order valence-electron chi connectivity index (χ0n) is 9.59. The number of rotatable bonds is 6. The third kappa shape index (κ3) is 4.42. The van der Waals surface area contributed by atoms with Crippen LogP contribution in [0.3, 0.4) is 0 Å². The van der Waals surface area contributed by atoms with E-state index in [2.05, 4.69) is 27.3 Å². The Hall–Kier alpha value is -0.0900. The van der Waals surface area contributed by atoms with Crippen molar-refractivity contribution >= 4 is 27.5 Å². The summed E-state index contributed by atoms with van der Waals surface area (Å²) in [5.74, 6) is 0. The molecule has 4 heteroatoms. The summed E-state index contributed by atoms with van der Waals surface area (Å²) >= 11 is 9.58. The highest BCUT2D eigenvalue weighted by molar-refractivity contribution is 9.10. The third-order valence-electron chi connectivity index (χ3n) is 2.56. The molecule has 0 spiro atoms. The molecule has 2 nitrogen and oxygen atoms in total. The number of halogens is 2. The molecule has 1 N–H and O–H groups in total. The third-order valence-corrected chi connectivity index (χ3v) is 3.41. The molecule has 1 atom stereocenters. The molecule has 0 aliphatic heterocycles. The minimum atomic E-state index is 0.402. The first-order valence-electron chi connectivity index (χ1n) is 5.27. The Kier molecular flexibility index (Phi) is 6.36. The highest BCUT2D eigenvalue weighted by Gasteiger charge is 2.09. The molecule has 90 valence electrons. The Morgan fingerprint density at radius 3 is 2.81 bits per heavy atom.